The van der Waals surface area contributed by atoms with Gasteiger partial charge in [-0.15, -0.1) is 0 Å². The second kappa shape index (κ2) is 3.49. The molecule has 2 N–H and O–H groups in total. The standard InChI is InChI=1S/C5H6N2O3/c1-3(8)5(6)4(9)2-7-10/h2,6,10H,1H3/b6-5?,7-2+. The van der Waals surface area contributed by atoms with E-state index >= 15 is 0 Å². The Hall–Kier alpha value is -1.52. The van der Waals surface area contributed by atoms with Gasteiger partial charge >= 0.3 is 0 Å². The van der Waals surface area contributed by atoms with Crippen LogP contribution in [0.1, 0.15) is 6.92 Å². The monoisotopic (exact) mass is 142 g/mol. The molecule has 5 heteroatoms. The zero-order chi connectivity index (χ0) is 8.15. The van der Waals surface area contributed by atoms with Gasteiger partial charge in [0.1, 0.15) is 11.9 Å². The van der Waals surface area contributed by atoms with Crippen LogP contribution in [-0.4, -0.2) is 28.7 Å². The van der Waals surface area contributed by atoms with E-state index in [1.165, 1.54) is 0 Å². The van der Waals surface area contributed by atoms with Crippen LogP contribution >= 0.6 is 0 Å². The molecule has 0 spiro atoms. The number of rotatable bonds is 3. The van der Waals surface area contributed by atoms with Crippen molar-refractivity contribution in [2.45, 2.75) is 6.92 Å². The van der Waals surface area contributed by atoms with Gasteiger partial charge in [-0.3, -0.25) is 15.0 Å². The maximum Gasteiger partial charge on any atom is 0.228 e. The highest BCUT2D eigenvalue weighted by Gasteiger charge is 2.10. The molecule has 0 saturated heterocycles. The van der Waals surface area contributed by atoms with Gasteiger partial charge in [0.05, 0.1) is 0 Å². The first-order valence-electron chi connectivity index (χ1n) is 2.41. The van der Waals surface area contributed by atoms with Gasteiger partial charge in [0.2, 0.25) is 5.78 Å². The number of carbonyl (C=O) groups excluding carboxylic acids is 2. The summed E-state index contributed by atoms with van der Waals surface area (Å²) in [5, 5.41) is 16.9. The first-order valence-corrected chi connectivity index (χ1v) is 2.41. The summed E-state index contributed by atoms with van der Waals surface area (Å²) in [6.45, 7) is 1.09. The van der Waals surface area contributed by atoms with Crippen LogP contribution in [0.2, 0.25) is 0 Å². The SMILES string of the molecule is CC(=O)C(=N)C(=O)/C=N/O. The van der Waals surface area contributed by atoms with E-state index in [-0.39, 0.29) is 0 Å². The van der Waals surface area contributed by atoms with Crippen LogP contribution in [0.3, 0.4) is 0 Å². The minimum absolute atomic E-state index is 0.504. The Labute approximate surface area is 56.9 Å². The quantitative estimate of drug-likeness (QED) is 0.243. The second-order valence-corrected chi connectivity index (χ2v) is 1.54. The third-order valence-electron chi connectivity index (χ3n) is 0.773. The van der Waals surface area contributed by atoms with Crippen molar-refractivity contribution >= 4 is 23.5 Å². The van der Waals surface area contributed by atoms with Crippen molar-refractivity contribution in [1.82, 2.24) is 0 Å². The first kappa shape index (κ1) is 8.48. The van der Waals surface area contributed by atoms with Gasteiger partial charge in [0.25, 0.3) is 0 Å². The highest BCUT2D eigenvalue weighted by atomic mass is 16.4. The summed E-state index contributed by atoms with van der Waals surface area (Å²) >= 11 is 0. The Kier molecular flexibility index (Phi) is 2.96. The third-order valence-corrected chi connectivity index (χ3v) is 0.773. The molecule has 0 radical (unpaired) electrons. The molecule has 0 unspecified atom stereocenters. The van der Waals surface area contributed by atoms with Crippen molar-refractivity contribution in [3.8, 4) is 0 Å². The Bertz CT molecular complexity index is 207. The fraction of sp³-hybridized carbons (Fsp3) is 0.200. The van der Waals surface area contributed by atoms with E-state index in [0.29, 0.717) is 6.21 Å². The molecule has 0 aliphatic heterocycles. The second-order valence-electron chi connectivity index (χ2n) is 1.54. The summed E-state index contributed by atoms with van der Waals surface area (Å²) in [5.74, 6) is -1.54. The van der Waals surface area contributed by atoms with E-state index in [9.17, 15) is 9.59 Å². The zero-order valence-electron chi connectivity index (χ0n) is 5.29. The maximum atomic E-state index is 10.4. The van der Waals surface area contributed by atoms with Crippen LogP contribution in [0.4, 0.5) is 0 Å². The molecule has 0 aromatic heterocycles. The van der Waals surface area contributed by atoms with E-state index in [0.717, 1.165) is 6.92 Å². The lowest BCUT2D eigenvalue weighted by Crippen LogP contribution is -2.21. The number of oxime groups is 1. The average molecular weight is 142 g/mol. The van der Waals surface area contributed by atoms with Crippen molar-refractivity contribution < 1.29 is 14.8 Å². The predicted octanol–water partition coefficient (Wildman–Crippen LogP) is -0.376. The molecule has 0 aliphatic rings. The lowest BCUT2D eigenvalue weighted by molar-refractivity contribution is -0.113. The summed E-state index contributed by atoms with van der Waals surface area (Å²) in [6.07, 6.45) is 0.504. The molecule has 0 atom stereocenters. The number of nitrogens with zero attached hydrogens (tertiary/aromatic N) is 1. The largest absolute Gasteiger partial charge is 0.411 e. The molecule has 0 aliphatic carbocycles. The van der Waals surface area contributed by atoms with E-state index in [1.807, 2.05) is 0 Å². The van der Waals surface area contributed by atoms with Gasteiger partial charge in [-0.05, 0) is 0 Å². The summed E-state index contributed by atoms with van der Waals surface area (Å²) in [5.41, 5.74) is -0.683. The lowest BCUT2D eigenvalue weighted by atomic mass is 10.2. The Morgan fingerprint density at radius 1 is 1.60 bits per heavy atom. The van der Waals surface area contributed by atoms with Crippen LogP contribution in [0, 0.1) is 5.41 Å². The fourth-order valence-corrected chi connectivity index (χ4v) is 0.290. The van der Waals surface area contributed by atoms with Gasteiger partial charge in [-0.25, -0.2) is 0 Å². The summed E-state index contributed by atoms with van der Waals surface area (Å²) in [7, 11) is 0. The van der Waals surface area contributed by atoms with Crippen LogP contribution in [0.5, 0.6) is 0 Å². The number of carbonyl (C=O) groups is 2. The molecule has 10 heavy (non-hydrogen) atoms. The molecule has 0 heterocycles. The van der Waals surface area contributed by atoms with Crippen molar-refractivity contribution in [3.63, 3.8) is 0 Å². The normalized spacial score (nSPS) is 9.70. The fourth-order valence-electron chi connectivity index (χ4n) is 0.290. The summed E-state index contributed by atoms with van der Waals surface area (Å²) in [6, 6.07) is 0. The smallest absolute Gasteiger partial charge is 0.228 e. The number of hydrogen-bond acceptors (Lipinski definition) is 5. The van der Waals surface area contributed by atoms with Crippen LogP contribution in [0.25, 0.3) is 0 Å². The molecular formula is C5H6N2O3. The molecule has 0 rings (SSSR count). The molecule has 54 valence electrons. The minimum Gasteiger partial charge on any atom is -0.411 e. The number of ketones is 2. The zero-order valence-corrected chi connectivity index (χ0v) is 5.29. The van der Waals surface area contributed by atoms with Crippen LogP contribution in [0.15, 0.2) is 5.16 Å². The topological polar surface area (TPSA) is 90.6 Å². The molecule has 0 amide bonds. The van der Waals surface area contributed by atoms with E-state index < -0.39 is 17.3 Å². The van der Waals surface area contributed by atoms with Crippen LogP contribution in [-0.2, 0) is 9.59 Å². The molecule has 0 aromatic rings. The van der Waals surface area contributed by atoms with Crippen LogP contribution < -0.4 is 0 Å². The van der Waals surface area contributed by atoms with Gasteiger partial charge < -0.3 is 5.21 Å². The van der Waals surface area contributed by atoms with Gasteiger partial charge in [0.15, 0.2) is 5.78 Å². The number of hydrogen-bond donors (Lipinski definition) is 2. The molecule has 0 saturated carbocycles. The van der Waals surface area contributed by atoms with E-state index in [1.54, 1.807) is 0 Å². The molecule has 0 bridgehead atoms. The molecule has 0 fully saturated rings. The van der Waals surface area contributed by atoms with Crippen molar-refractivity contribution in [1.29, 1.82) is 5.41 Å². The minimum atomic E-state index is -0.894. The summed E-state index contributed by atoms with van der Waals surface area (Å²) < 4.78 is 0. The third kappa shape index (κ3) is 2.17. The Morgan fingerprint density at radius 3 is 2.40 bits per heavy atom. The molecule has 5 nitrogen and oxygen atoms in total. The number of nitrogens with one attached hydrogen (secondary N) is 1. The average Bonchev–Trinajstić information content (AvgIpc) is 1.87. The summed E-state index contributed by atoms with van der Waals surface area (Å²) in [4.78, 5) is 20.7. The van der Waals surface area contributed by atoms with Crippen molar-refractivity contribution in [2.75, 3.05) is 0 Å². The Balaban J connectivity index is 4.23. The molecular weight excluding hydrogens is 136 g/mol. The highest BCUT2D eigenvalue weighted by molar-refractivity contribution is 6.75. The molecule has 0 aromatic carbocycles. The highest BCUT2D eigenvalue weighted by Crippen LogP contribution is 1.76. The predicted molar refractivity (Wildman–Crippen MR) is 33.7 cm³/mol. The maximum absolute atomic E-state index is 10.4. The van der Waals surface area contributed by atoms with Crippen molar-refractivity contribution in [2.24, 2.45) is 5.16 Å². The van der Waals surface area contributed by atoms with Gasteiger partial charge in [0, 0.05) is 6.92 Å². The van der Waals surface area contributed by atoms with Crippen molar-refractivity contribution in [3.05, 3.63) is 0 Å². The van der Waals surface area contributed by atoms with E-state index in [2.05, 4.69) is 5.16 Å². The van der Waals surface area contributed by atoms with Gasteiger partial charge in [-0.2, -0.15) is 0 Å². The van der Waals surface area contributed by atoms with E-state index in [4.69, 9.17) is 10.6 Å². The lowest BCUT2D eigenvalue weighted by Gasteiger charge is -1.87. The number of Topliss-reactive ketones (excluding diaryl/α,β-unsaturated/α-hetero) is 2. The first-order chi connectivity index (χ1) is 4.59. The van der Waals surface area contributed by atoms with Gasteiger partial charge in [-0.1, -0.05) is 5.16 Å². The Morgan fingerprint density at radius 2 is 2.10 bits per heavy atom.